The standard InChI is InChI=1S/C16H21ClO4/c1-12(2)10-20-15(18)4-3-5-16(19)21-11-13-6-8-14(17)9-7-13/h6-9,12H,3-5,10-11H2,1-2H3. The summed E-state index contributed by atoms with van der Waals surface area (Å²) in [7, 11) is 0. The van der Waals surface area contributed by atoms with Crippen molar-refractivity contribution in [3.05, 3.63) is 34.9 Å². The summed E-state index contributed by atoms with van der Waals surface area (Å²) < 4.78 is 10.1. The number of hydrogen-bond acceptors (Lipinski definition) is 4. The molecule has 21 heavy (non-hydrogen) atoms. The predicted octanol–water partition coefficient (Wildman–Crippen LogP) is 3.75. The Morgan fingerprint density at radius 2 is 1.62 bits per heavy atom. The van der Waals surface area contributed by atoms with Gasteiger partial charge in [-0.1, -0.05) is 37.6 Å². The maximum Gasteiger partial charge on any atom is 0.306 e. The highest BCUT2D eigenvalue weighted by Gasteiger charge is 2.08. The van der Waals surface area contributed by atoms with Crippen LogP contribution in [0.1, 0.15) is 38.7 Å². The van der Waals surface area contributed by atoms with Crippen LogP contribution in [0.15, 0.2) is 24.3 Å². The minimum Gasteiger partial charge on any atom is -0.465 e. The number of carbonyl (C=O) groups excluding carboxylic acids is 2. The van der Waals surface area contributed by atoms with Crippen LogP contribution in [-0.4, -0.2) is 18.5 Å². The molecule has 0 fully saturated rings. The van der Waals surface area contributed by atoms with Gasteiger partial charge in [-0.3, -0.25) is 9.59 Å². The number of carbonyl (C=O) groups is 2. The third-order valence-corrected chi connectivity index (χ3v) is 2.90. The molecule has 0 radical (unpaired) electrons. The molecule has 0 aliphatic heterocycles. The first-order valence-electron chi connectivity index (χ1n) is 7.03. The van der Waals surface area contributed by atoms with Crippen molar-refractivity contribution in [1.82, 2.24) is 0 Å². The average molecular weight is 313 g/mol. The van der Waals surface area contributed by atoms with E-state index in [1.807, 2.05) is 13.8 Å². The topological polar surface area (TPSA) is 52.6 Å². The van der Waals surface area contributed by atoms with Crippen LogP contribution in [0.5, 0.6) is 0 Å². The summed E-state index contributed by atoms with van der Waals surface area (Å²) in [6.45, 7) is 4.58. The van der Waals surface area contributed by atoms with E-state index >= 15 is 0 Å². The van der Waals surface area contributed by atoms with Gasteiger partial charge in [0.1, 0.15) is 6.61 Å². The molecule has 5 heteroatoms. The Labute approximate surface area is 130 Å². The molecule has 0 atom stereocenters. The Morgan fingerprint density at radius 3 is 2.19 bits per heavy atom. The van der Waals surface area contributed by atoms with Crippen LogP contribution >= 0.6 is 11.6 Å². The molecule has 0 saturated heterocycles. The van der Waals surface area contributed by atoms with Crippen molar-refractivity contribution < 1.29 is 19.1 Å². The minimum atomic E-state index is -0.318. The number of halogens is 1. The van der Waals surface area contributed by atoms with E-state index in [1.54, 1.807) is 24.3 Å². The second-order valence-corrected chi connectivity index (χ2v) is 5.65. The molecule has 0 amide bonds. The predicted molar refractivity (Wildman–Crippen MR) is 80.9 cm³/mol. The van der Waals surface area contributed by atoms with E-state index in [1.165, 1.54) is 0 Å². The molecule has 1 aromatic carbocycles. The quantitative estimate of drug-likeness (QED) is 0.686. The number of esters is 2. The summed E-state index contributed by atoms with van der Waals surface area (Å²) in [5, 5.41) is 0.644. The summed E-state index contributed by atoms with van der Waals surface area (Å²) in [6.07, 6.45) is 0.892. The largest absolute Gasteiger partial charge is 0.465 e. The van der Waals surface area contributed by atoms with Gasteiger partial charge in [-0.05, 0) is 30.0 Å². The summed E-state index contributed by atoms with van der Waals surface area (Å²) in [4.78, 5) is 22.9. The lowest BCUT2D eigenvalue weighted by atomic mass is 10.2. The zero-order chi connectivity index (χ0) is 15.7. The maximum atomic E-state index is 11.5. The fraction of sp³-hybridized carbons (Fsp3) is 0.500. The van der Waals surface area contributed by atoms with Crippen LogP contribution in [0, 0.1) is 5.92 Å². The summed E-state index contributed by atoms with van der Waals surface area (Å²) in [5.41, 5.74) is 0.879. The highest BCUT2D eigenvalue weighted by Crippen LogP contribution is 2.11. The van der Waals surface area contributed by atoms with Gasteiger partial charge in [0, 0.05) is 17.9 Å². The van der Waals surface area contributed by atoms with Crippen LogP contribution < -0.4 is 0 Å². The van der Waals surface area contributed by atoms with Crippen molar-refractivity contribution >= 4 is 23.5 Å². The molecule has 0 saturated carbocycles. The minimum absolute atomic E-state index is 0.213. The van der Waals surface area contributed by atoms with E-state index in [0.29, 0.717) is 24.0 Å². The molecule has 1 rings (SSSR count). The summed E-state index contributed by atoms with van der Waals surface area (Å²) >= 11 is 5.77. The van der Waals surface area contributed by atoms with Crippen molar-refractivity contribution in [2.24, 2.45) is 5.92 Å². The first-order chi connectivity index (χ1) is 9.97. The second-order valence-electron chi connectivity index (χ2n) is 5.22. The van der Waals surface area contributed by atoms with Gasteiger partial charge in [0.15, 0.2) is 0 Å². The van der Waals surface area contributed by atoms with Crippen molar-refractivity contribution in [3.8, 4) is 0 Å². The van der Waals surface area contributed by atoms with Gasteiger partial charge < -0.3 is 9.47 Å². The monoisotopic (exact) mass is 312 g/mol. The number of hydrogen-bond donors (Lipinski definition) is 0. The van der Waals surface area contributed by atoms with Crippen molar-refractivity contribution in [3.63, 3.8) is 0 Å². The molecule has 0 aromatic heterocycles. The Hall–Kier alpha value is -1.55. The lowest BCUT2D eigenvalue weighted by molar-refractivity contribution is -0.146. The lowest BCUT2D eigenvalue weighted by Crippen LogP contribution is -2.11. The van der Waals surface area contributed by atoms with Gasteiger partial charge in [0.05, 0.1) is 6.61 Å². The molecular formula is C16H21ClO4. The normalized spacial score (nSPS) is 10.5. The van der Waals surface area contributed by atoms with Crippen LogP contribution in [0.4, 0.5) is 0 Å². The van der Waals surface area contributed by atoms with Gasteiger partial charge in [-0.15, -0.1) is 0 Å². The molecule has 0 unspecified atom stereocenters. The van der Waals surface area contributed by atoms with Crippen molar-refractivity contribution in [2.75, 3.05) is 6.61 Å². The molecule has 0 spiro atoms. The summed E-state index contributed by atoms with van der Waals surface area (Å²) in [6, 6.07) is 7.10. The smallest absolute Gasteiger partial charge is 0.306 e. The van der Waals surface area contributed by atoms with Crippen molar-refractivity contribution in [1.29, 1.82) is 0 Å². The van der Waals surface area contributed by atoms with Crippen LogP contribution in [0.2, 0.25) is 5.02 Å². The molecule has 0 aliphatic rings. The Morgan fingerprint density at radius 1 is 1.05 bits per heavy atom. The van der Waals surface area contributed by atoms with Gasteiger partial charge in [-0.25, -0.2) is 0 Å². The average Bonchev–Trinajstić information content (AvgIpc) is 2.44. The molecule has 116 valence electrons. The number of benzene rings is 1. The van der Waals surface area contributed by atoms with Crippen LogP contribution in [-0.2, 0) is 25.7 Å². The highest BCUT2D eigenvalue weighted by molar-refractivity contribution is 6.30. The highest BCUT2D eigenvalue weighted by atomic mass is 35.5. The SMILES string of the molecule is CC(C)COC(=O)CCCC(=O)OCc1ccc(Cl)cc1. The van der Waals surface area contributed by atoms with Crippen LogP contribution in [0.25, 0.3) is 0 Å². The third kappa shape index (κ3) is 8.35. The van der Waals surface area contributed by atoms with Gasteiger partial charge >= 0.3 is 11.9 Å². The maximum absolute atomic E-state index is 11.5. The molecule has 0 heterocycles. The Balaban J connectivity index is 2.14. The third-order valence-electron chi connectivity index (χ3n) is 2.65. The zero-order valence-corrected chi connectivity index (χ0v) is 13.2. The van der Waals surface area contributed by atoms with E-state index < -0.39 is 0 Å². The van der Waals surface area contributed by atoms with Crippen LogP contribution in [0.3, 0.4) is 0 Å². The van der Waals surface area contributed by atoms with E-state index in [9.17, 15) is 9.59 Å². The Bertz CT molecular complexity index is 454. The molecular weight excluding hydrogens is 292 g/mol. The van der Waals surface area contributed by atoms with Gasteiger partial charge in [-0.2, -0.15) is 0 Å². The first-order valence-corrected chi connectivity index (χ1v) is 7.41. The van der Waals surface area contributed by atoms with Gasteiger partial charge in [0.2, 0.25) is 0 Å². The van der Waals surface area contributed by atoms with Crippen molar-refractivity contribution in [2.45, 2.75) is 39.7 Å². The Kier molecular flexibility index (Phi) is 7.83. The molecule has 1 aromatic rings. The molecule has 0 aliphatic carbocycles. The lowest BCUT2D eigenvalue weighted by Gasteiger charge is -2.07. The zero-order valence-electron chi connectivity index (χ0n) is 12.4. The number of ether oxygens (including phenoxy) is 2. The van der Waals surface area contributed by atoms with E-state index in [4.69, 9.17) is 21.1 Å². The number of rotatable bonds is 8. The van der Waals surface area contributed by atoms with Gasteiger partial charge in [0.25, 0.3) is 0 Å². The van der Waals surface area contributed by atoms with E-state index in [0.717, 1.165) is 5.56 Å². The molecule has 0 bridgehead atoms. The molecule has 4 nitrogen and oxygen atoms in total. The summed E-state index contributed by atoms with van der Waals surface area (Å²) in [5.74, 6) is -0.269. The fourth-order valence-corrected chi connectivity index (χ4v) is 1.65. The van der Waals surface area contributed by atoms with E-state index in [2.05, 4.69) is 0 Å². The fourth-order valence-electron chi connectivity index (χ4n) is 1.53. The first kappa shape index (κ1) is 17.5. The second kappa shape index (κ2) is 9.40. The van der Waals surface area contributed by atoms with E-state index in [-0.39, 0.29) is 31.4 Å². The molecule has 0 N–H and O–H groups in total.